The van der Waals surface area contributed by atoms with Crippen molar-refractivity contribution in [2.24, 2.45) is 12.0 Å². The highest BCUT2D eigenvalue weighted by molar-refractivity contribution is 6.43. The Morgan fingerprint density at radius 3 is 2.79 bits per heavy atom. The Morgan fingerprint density at radius 1 is 1.07 bits per heavy atom. The molecule has 29 heavy (non-hydrogen) atoms. The molecule has 0 unspecified atom stereocenters. The first-order valence-electron chi connectivity index (χ1n) is 9.43. The smallest absolute Gasteiger partial charge is 0.0904 e. The fraction of sp³-hybridized carbons (Fsp3) is 0.130. The lowest BCUT2D eigenvalue weighted by molar-refractivity contribution is 0.769. The van der Waals surface area contributed by atoms with Crippen LogP contribution < -0.4 is 0 Å². The van der Waals surface area contributed by atoms with Crippen LogP contribution in [0.15, 0.2) is 59.7 Å². The number of aryl methyl sites for hydroxylation is 1. The maximum atomic E-state index is 6.40. The lowest BCUT2D eigenvalue weighted by Crippen LogP contribution is -1.95. The normalized spacial score (nSPS) is 13.8. The molecule has 1 aliphatic rings. The number of aliphatic imine (C=N–C) groups is 1. The SMILES string of the molecule is Cn1nc(C2=CN=CCC2)cc1-c1ccc2[nH]c(-c3cccc(Cl)c3Cl)cc2c1. The van der Waals surface area contributed by atoms with Gasteiger partial charge in [-0.05, 0) is 48.7 Å². The highest BCUT2D eigenvalue weighted by Crippen LogP contribution is 2.35. The Kier molecular flexibility index (Phi) is 4.53. The molecule has 5 rings (SSSR count). The van der Waals surface area contributed by atoms with Gasteiger partial charge in [0.1, 0.15) is 0 Å². The molecule has 0 atom stereocenters. The average Bonchev–Trinajstić information content (AvgIpc) is 3.33. The van der Waals surface area contributed by atoms with Gasteiger partial charge in [0.25, 0.3) is 0 Å². The molecule has 3 heterocycles. The van der Waals surface area contributed by atoms with Crippen LogP contribution in [0.5, 0.6) is 0 Å². The molecule has 0 radical (unpaired) electrons. The van der Waals surface area contributed by atoms with Gasteiger partial charge in [-0.3, -0.25) is 9.67 Å². The summed E-state index contributed by atoms with van der Waals surface area (Å²) in [6.45, 7) is 0. The van der Waals surface area contributed by atoms with Crippen LogP contribution >= 0.6 is 23.2 Å². The zero-order valence-corrected chi connectivity index (χ0v) is 17.3. The van der Waals surface area contributed by atoms with Crippen LogP contribution in [0.25, 0.3) is 39.0 Å². The molecule has 4 nitrogen and oxygen atoms in total. The molecule has 2 aromatic carbocycles. The Bertz CT molecular complexity index is 1290. The predicted octanol–water partition coefficient (Wildman–Crippen LogP) is 6.75. The van der Waals surface area contributed by atoms with Crippen molar-refractivity contribution in [3.8, 4) is 22.5 Å². The van der Waals surface area contributed by atoms with E-state index in [-0.39, 0.29) is 0 Å². The third-order valence-electron chi connectivity index (χ3n) is 5.25. The Hall–Kier alpha value is -2.82. The number of aromatic nitrogens is 3. The largest absolute Gasteiger partial charge is 0.354 e. The molecule has 0 bridgehead atoms. The zero-order valence-electron chi connectivity index (χ0n) is 15.8. The second-order valence-electron chi connectivity index (χ2n) is 7.15. The number of benzene rings is 2. The van der Waals surface area contributed by atoms with Crippen LogP contribution in [-0.4, -0.2) is 21.0 Å². The number of nitrogens with one attached hydrogen (secondary N) is 1. The summed E-state index contributed by atoms with van der Waals surface area (Å²) in [6.07, 6.45) is 5.78. The number of rotatable bonds is 3. The van der Waals surface area contributed by atoms with Crippen molar-refractivity contribution in [3.63, 3.8) is 0 Å². The minimum atomic E-state index is 0.548. The van der Waals surface area contributed by atoms with Crippen molar-refractivity contribution >= 4 is 45.9 Å². The molecule has 0 amide bonds. The summed E-state index contributed by atoms with van der Waals surface area (Å²) in [7, 11) is 1.98. The van der Waals surface area contributed by atoms with Crippen molar-refractivity contribution in [3.05, 3.63) is 70.5 Å². The molecule has 4 aromatic rings. The topological polar surface area (TPSA) is 46.0 Å². The first-order chi connectivity index (χ1) is 14.1. The first kappa shape index (κ1) is 18.2. The number of H-pyrrole nitrogens is 1. The van der Waals surface area contributed by atoms with Crippen LogP contribution in [0.3, 0.4) is 0 Å². The molecule has 1 aliphatic heterocycles. The third kappa shape index (κ3) is 3.28. The minimum absolute atomic E-state index is 0.548. The summed E-state index contributed by atoms with van der Waals surface area (Å²) < 4.78 is 1.93. The molecule has 0 aliphatic carbocycles. The number of hydrogen-bond donors (Lipinski definition) is 1. The van der Waals surface area contributed by atoms with Crippen molar-refractivity contribution in [2.45, 2.75) is 12.8 Å². The highest BCUT2D eigenvalue weighted by atomic mass is 35.5. The van der Waals surface area contributed by atoms with Crippen LogP contribution in [0.2, 0.25) is 10.0 Å². The zero-order chi connectivity index (χ0) is 20.0. The Labute approximate surface area is 178 Å². The van der Waals surface area contributed by atoms with E-state index in [9.17, 15) is 0 Å². The monoisotopic (exact) mass is 420 g/mol. The number of nitrogens with zero attached hydrogens (tertiary/aromatic N) is 3. The fourth-order valence-corrected chi connectivity index (χ4v) is 4.14. The van der Waals surface area contributed by atoms with Crippen molar-refractivity contribution < 1.29 is 0 Å². The van der Waals surface area contributed by atoms with Crippen LogP contribution in [0, 0.1) is 0 Å². The van der Waals surface area contributed by atoms with E-state index in [1.54, 1.807) is 6.07 Å². The summed E-state index contributed by atoms with van der Waals surface area (Å²) in [6, 6.07) is 16.3. The standard InChI is InChI=1S/C23H18Cl2N4/c1-29-22(12-20(28-29)15-4-3-9-26-13-15)14-7-8-19-16(10-14)11-21(27-19)17-5-2-6-18(24)23(17)25/h2,5-13,27H,3-4H2,1H3. The van der Waals surface area contributed by atoms with Crippen molar-refractivity contribution in [1.82, 2.24) is 14.8 Å². The van der Waals surface area contributed by atoms with E-state index in [0.717, 1.165) is 52.0 Å². The second kappa shape index (κ2) is 7.21. The molecule has 0 saturated carbocycles. The molecule has 2 aromatic heterocycles. The number of hydrogen-bond acceptors (Lipinski definition) is 2. The van der Waals surface area contributed by atoms with Gasteiger partial charge in [0, 0.05) is 47.2 Å². The lowest BCUT2D eigenvalue weighted by Gasteiger charge is -2.03. The molecule has 6 heteroatoms. The van der Waals surface area contributed by atoms with E-state index >= 15 is 0 Å². The summed E-state index contributed by atoms with van der Waals surface area (Å²) in [4.78, 5) is 7.71. The quantitative estimate of drug-likeness (QED) is 0.391. The molecule has 0 saturated heterocycles. The van der Waals surface area contributed by atoms with Gasteiger partial charge in [0.2, 0.25) is 0 Å². The van der Waals surface area contributed by atoms with Gasteiger partial charge in [0.15, 0.2) is 0 Å². The number of fused-ring (bicyclic) bond motifs is 1. The summed E-state index contributed by atoms with van der Waals surface area (Å²) >= 11 is 12.6. The predicted molar refractivity (Wildman–Crippen MR) is 122 cm³/mol. The number of aromatic amines is 1. The van der Waals surface area contributed by atoms with Crippen LogP contribution in [0.1, 0.15) is 18.5 Å². The van der Waals surface area contributed by atoms with E-state index in [0.29, 0.717) is 10.0 Å². The van der Waals surface area contributed by atoms with Crippen LogP contribution in [-0.2, 0) is 7.05 Å². The average molecular weight is 421 g/mol. The molecular weight excluding hydrogens is 403 g/mol. The maximum absolute atomic E-state index is 6.40. The summed E-state index contributed by atoms with van der Waals surface area (Å²) in [5.74, 6) is 0. The number of allylic oxidation sites excluding steroid dienone is 1. The molecule has 0 fully saturated rings. The Morgan fingerprint density at radius 2 is 1.97 bits per heavy atom. The van der Waals surface area contributed by atoms with Gasteiger partial charge < -0.3 is 4.98 Å². The van der Waals surface area contributed by atoms with E-state index in [1.807, 2.05) is 36.3 Å². The van der Waals surface area contributed by atoms with E-state index in [4.69, 9.17) is 28.3 Å². The Balaban J connectivity index is 1.56. The van der Waals surface area contributed by atoms with Crippen LogP contribution in [0.4, 0.5) is 0 Å². The van der Waals surface area contributed by atoms with Crippen molar-refractivity contribution in [2.75, 3.05) is 0 Å². The van der Waals surface area contributed by atoms with Gasteiger partial charge in [0.05, 0.1) is 21.4 Å². The highest BCUT2D eigenvalue weighted by Gasteiger charge is 2.14. The van der Waals surface area contributed by atoms with Crippen molar-refractivity contribution in [1.29, 1.82) is 0 Å². The van der Waals surface area contributed by atoms with Gasteiger partial charge in [-0.2, -0.15) is 5.10 Å². The molecule has 0 spiro atoms. The maximum Gasteiger partial charge on any atom is 0.0904 e. The third-order valence-corrected chi connectivity index (χ3v) is 6.06. The minimum Gasteiger partial charge on any atom is -0.354 e. The van der Waals surface area contributed by atoms with Gasteiger partial charge >= 0.3 is 0 Å². The van der Waals surface area contributed by atoms with Gasteiger partial charge in [-0.15, -0.1) is 0 Å². The van der Waals surface area contributed by atoms with Gasteiger partial charge in [-0.1, -0.05) is 41.4 Å². The summed E-state index contributed by atoms with van der Waals surface area (Å²) in [5.41, 5.74) is 7.23. The summed E-state index contributed by atoms with van der Waals surface area (Å²) in [5, 5.41) is 6.91. The molecular formula is C23H18Cl2N4. The molecule has 1 N–H and O–H groups in total. The number of halogens is 2. The first-order valence-corrected chi connectivity index (χ1v) is 10.2. The van der Waals surface area contributed by atoms with E-state index in [1.165, 1.54) is 5.57 Å². The molecule has 144 valence electrons. The van der Waals surface area contributed by atoms with Gasteiger partial charge in [-0.25, -0.2) is 0 Å². The second-order valence-corrected chi connectivity index (χ2v) is 7.93. The van der Waals surface area contributed by atoms with E-state index in [2.05, 4.69) is 40.3 Å². The fourth-order valence-electron chi connectivity index (χ4n) is 3.74. The van der Waals surface area contributed by atoms with E-state index < -0.39 is 0 Å². The lowest BCUT2D eigenvalue weighted by atomic mass is 10.0.